The first-order chi connectivity index (χ1) is 14.1. The Balaban J connectivity index is 1.77. The zero-order chi connectivity index (χ0) is 20.0. The van der Waals surface area contributed by atoms with Gasteiger partial charge in [-0.3, -0.25) is 19.1 Å². The zero-order valence-electron chi connectivity index (χ0n) is 15.3. The summed E-state index contributed by atoms with van der Waals surface area (Å²) in [6, 6.07) is 12.4. The normalized spacial score (nSPS) is 19.0. The quantitative estimate of drug-likeness (QED) is 0.639. The Hall–Kier alpha value is -2.83. The molecule has 0 amide bonds. The van der Waals surface area contributed by atoms with Crippen LogP contribution >= 0.6 is 22.9 Å². The number of allylic oxidation sites excluding steroid dienone is 2. The van der Waals surface area contributed by atoms with E-state index in [1.54, 1.807) is 29.0 Å². The smallest absolute Gasteiger partial charge is 0.271 e. The minimum Gasteiger partial charge on any atom is -0.294 e. The number of ketones is 1. The molecule has 3 heterocycles. The van der Waals surface area contributed by atoms with E-state index in [1.165, 1.54) is 11.3 Å². The fraction of sp³-hybridized carbons (Fsp3) is 0.182. The Bertz CT molecular complexity index is 1320. The SMILES string of the molecule is O=C1CCCC2=C1C(c1ccc(Cl)cc1)n1c(s/c(=C/c3ccccn3)c1=O)=N2. The topological polar surface area (TPSA) is 64.3 Å². The number of hydrogen-bond donors (Lipinski definition) is 0. The predicted octanol–water partition coefficient (Wildman–Crippen LogP) is 3.02. The lowest BCUT2D eigenvalue weighted by molar-refractivity contribution is -0.116. The highest BCUT2D eigenvalue weighted by Crippen LogP contribution is 2.36. The van der Waals surface area contributed by atoms with Gasteiger partial charge in [-0.1, -0.05) is 41.1 Å². The molecule has 1 aliphatic carbocycles. The minimum absolute atomic E-state index is 0.0638. The van der Waals surface area contributed by atoms with Crippen molar-refractivity contribution in [2.45, 2.75) is 25.3 Å². The summed E-state index contributed by atoms with van der Waals surface area (Å²) in [7, 11) is 0. The number of nitrogens with zero attached hydrogens (tertiary/aromatic N) is 3. The van der Waals surface area contributed by atoms with Crippen LogP contribution in [0.1, 0.15) is 36.6 Å². The van der Waals surface area contributed by atoms with E-state index < -0.39 is 6.04 Å². The molecule has 1 aromatic carbocycles. The molecule has 0 radical (unpaired) electrons. The molecule has 7 heteroatoms. The molecule has 1 unspecified atom stereocenters. The first-order valence-corrected chi connectivity index (χ1v) is 10.6. The van der Waals surface area contributed by atoms with Gasteiger partial charge in [-0.15, -0.1) is 0 Å². The highest BCUT2D eigenvalue weighted by Gasteiger charge is 2.34. The second-order valence-corrected chi connectivity index (χ2v) is 8.47. The number of carbonyl (C=O) groups excluding carboxylic acids is 1. The van der Waals surface area contributed by atoms with Crippen LogP contribution in [0.4, 0.5) is 0 Å². The Kier molecular flexibility index (Phi) is 4.53. The van der Waals surface area contributed by atoms with Crippen molar-refractivity contribution in [2.75, 3.05) is 0 Å². The first kappa shape index (κ1) is 18.2. The zero-order valence-corrected chi connectivity index (χ0v) is 16.9. The lowest BCUT2D eigenvalue weighted by Gasteiger charge is -2.28. The number of benzene rings is 1. The van der Waals surface area contributed by atoms with Gasteiger partial charge < -0.3 is 0 Å². The van der Waals surface area contributed by atoms with E-state index in [1.807, 2.05) is 30.3 Å². The molecule has 0 saturated carbocycles. The van der Waals surface area contributed by atoms with Crippen molar-refractivity contribution < 1.29 is 4.79 Å². The van der Waals surface area contributed by atoms with E-state index >= 15 is 0 Å². The van der Waals surface area contributed by atoms with Crippen LogP contribution in [0.5, 0.6) is 0 Å². The second-order valence-electron chi connectivity index (χ2n) is 7.03. The number of rotatable bonds is 2. The van der Waals surface area contributed by atoms with Crippen LogP contribution in [0.3, 0.4) is 0 Å². The number of fused-ring (bicyclic) bond motifs is 1. The molecule has 0 bridgehead atoms. The van der Waals surface area contributed by atoms with Gasteiger partial charge in [0.05, 0.1) is 22.0 Å². The minimum atomic E-state index is -0.475. The molecule has 1 aliphatic heterocycles. The standard InChI is InChI=1S/C22H16ClN3O2S/c23-14-9-7-13(8-10-14)20-19-16(5-3-6-17(19)27)25-22-26(20)21(28)18(29-22)12-15-4-1-2-11-24-15/h1-2,4,7-12,20H,3,5-6H2/b18-12+. The van der Waals surface area contributed by atoms with Gasteiger partial charge in [-0.2, -0.15) is 0 Å². The summed E-state index contributed by atoms with van der Waals surface area (Å²) < 4.78 is 2.19. The molecule has 0 N–H and O–H groups in total. The number of Topliss-reactive ketones (excluding diaryl/α,β-unsaturated/α-hetero) is 1. The summed E-state index contributed by atoms with van der Waals surface area (Å²) in [5.74, 6) is 0.0638. The molecular weight excluding hydrogens is 406 g/mol. The number of aromatic nitrogens is 2. The third kappa shape index (κ3) is 3.18. The van der Waals surface area contributed by atoms with Gasteiger partial charge in [0.25, 0.3) is 5.56 Å². The van der Waals surface area contributed by atoms with Crippen molar-refractivity contribution in [3.63, 3.8) is 0 Å². The van der Waals surface area contributed by atoms with Crippen LogP contribution in [-0.4, -0.2) is 15.3 Å². The number of thiazole rings is 1. The Morgan fingerprint density at radius 1 is 1.10 bits per heavy atom. The third-order valence-corrected chi connectivity index (χ3v) is 6.42. The largest absolute Gasteiger partial charge is 0.294 e. The van der Waals surface area contributed by atoms with Gasteiger partial charge in [0.2, 0.25) is 0 Å². The average molecular weight is 422 g/mol. The summed E-state index contributed by atoms with van der Waals surface area (Å²) in [5, 5.41) is 0.612. The van der Waals surface area contributed by atoms with Gasteiger partial charge in [0.1, 0.15) is 0 Å². The van der Waals surface area contributed by atoms with E-state index in [4.69, 9.17) is 16.6 Å². The number of pyridine rings is 1. The molecular formula is C22H16ClN3O2S. The van der Waals surface area contributed by atoms with Crippen molar-refractivity contribution in [1.29, 1.82) is 0 Å². The molecule has 2 aromatic heterocycles. The van der Waals surface area contributed by atoms with Crippen molar-refractivity contribution >= 4 is 34.8 Å². The second kappa shape index (κ2) is 7.21. The maximum Gasteiger partial charge on any atom is 0.271 e. The Morgan fingerprint density at radius 3 is 2.69 bits per heavy atom. The summed E-state index contributed by atoms with van der Waals surface area (Å²) in [4.78, 5) is 35.8. The maximum absolute atomic E-state index is 13.3. The molecule has 0 spiro atoms. The van der Waals surface area contributed by atoms with Gasteiger partial charge in [-0.25, -0.2) is 4.99 Å². The molecule has 1 atom stereocenters. The highest BCUT2D eigenvalue weighted by atomic mass is 35.5. The lowest BCUT2D eigenvalue weighted by atomic mass is 9.86. The van der Waals surface area contributed by atoms with Crippen LogP contribution < -0.4 is 14.9 Å². The van der Waals surface area contributed by atoms with Crippen LogP contribution in [0, 0.1) is 0 Å². The molecule has 0 fully saturated rings. The molecule has 5 nitrogen and oxygen atoms in total. The number of carbonyl (C=O) groups is 1. The van der Waals surface area contributed by atoms with E-state index in [9.17, 15) is 9.59 Å². The first-order valence-electron chi connectivity index (χ1n) is 9.36. The fourth-order valence-electron chi connectivity index (χ4n) is 3.87. The van der Waals surface area contributed by atoms with Crippen LogP contribution in [0.25, 0.3) is 6.08 Å². The van der Waals surface area contributed by atoms with Crippen molar-refractivity contribution in [3.05, 3.63) is 95.9 Å². The van der Waals surface area contributed by atoms with E-state index in [2.05, 4.69) is 4.98 Å². The third-order valence-electron chi connectivity index (χ3n) is 5.18. The molecule has 5 rings (SSSR count). The van der Waals surface area contributed by atoms with Crippen LogP contribution in [0.15, 0.2) is 69.7 Å². The van der Waals surface area contributed by atoms with E-state index in [0.717, 1.165) is 24.1 Å². The van der Waals surface area contributed by atoms with Crippen molar-refractivity contribution in [2.24, 2.45) is 4.99 Å². The van der Waals surface area contributed by atoms with Crippen LogP contribution in [-0.2, 0) is 4.79 Å². The molecule has 2 aliphatic rings. The summed E-state index contributed by atoms with van der Waals surface area (Å²) in [6.45, 7) is 0. The maximum atomic E-state index is 13.3. The van der Waals surface area contributed by atoms with Gasteiger partial charge in [0, 0.05) is 23.2 Å². The molecule has 0 saturated heterocycles. The predicted molar refractivity (Wildman–Crippen MR) is 113 cm³/mol. The van der Waals surface area contributed by atoms with Gasteiger partial charge >= 0.3 is 0 Å². The number of halogens is 1. The van der Waals surface area contributed by atoms with Crippen molar-refractivity contribution in [1.82, 2.24) is 9.55 Å². The average Bonchev–Trinajstić information content (AvgIpc) is 3.03. The summed E-state index contributed by atoms with van der Waals surface area (Å²) >= 11 is 7.40. The van der Waals surface area contributed by atoms with Crippen molar-refractivity contribution in [3.8, 4) is 0 Å². The highest BCUT2D eigenvalue weighted by molar-refractivity contribution is 7.07. The van der Waals surface area contributed by atoms with Gasteiger partial charge in [-0.05, 0) is 48.7 Å². The van der Waals surface area contributed by atoms with E-state index in [-0.39, 0.29) is 11.3 Å². The molecule has 3 aromatic rings. The Labute approximate surface area is 175 Å². The number of hydrogen-bond acceptors (Lipinski definition) is 5. The van der Waals surface area contributed by atoms with Crippen LogP contribution in [0.2, 0.25) is 5.02 Å². The Morgan fingerprint density at radius 2 is 1.93 bits per heavy atom. The van der Waals surface area contributed by atoms with E-state index in [0.29, 0.717) is 32.0 Å². The monoisotopic (exact) mass is 421 g/mol. The molecule has 29 heavy (non-hydrogen) atoms. The summed E-state index contributed by atoms with van der Waals surface area (Å²) in [5.41, 5.74) is 2.84. The lowest BCUT2D eigenvalue weighted by Crippen LogP contribution is -2.40. The summed E-state index contributed by atoms with van der Waals surface area (Å²) in [6.07, 6.45) is 5.48. The van der Waals surface area contributed by atoms with Gasteiger partial charge in [0.15, 0.2) is 10.6 Å². The fourth-order valence-corrected chi connectivity index (χ4v) is 5.00. The molecule has 144 valence electrons.